The highest BCUT2D eigenvalue weighted by Crippen LogP contribution is 2.34. The first-order valence-corrected chi connectivity index (χ1v) is 9.63. The summed E-state index contributed by atoms with van der Waals surface area (Å²) in [5.41, 5.74) is 3.36. The van der Waals surface area contributed by atoms with Gasteiger partial charge in [0.25, 0.3) is 5.91 Å². The van der Waals surface area contributed by atoms with Crippen molar-refractivity contribution >= 4 is 29.7 Å². The normalized spacial score (nSPS) is 22.8. The van der Waals surface area contributed by atoms with Crippen LogP contribution >= 0.6 is 23.7 Å². The molecule has 6 heteroatoms. The van der Waals surface area contributed by atoms with Gasteiger partial charge in [-0.15, -0.1) is 23.7 Å². The molecule has 2 aromatic rings. The molecule has 2 atom stereocenters. The summed E-state index contributed by atoms with van der Waals surface area (Å²) in [5, 5.41) is 5.50. The van der Waals surface area contributed by atoms with Gasteiger partial charge in [0.2, 0.25) is 0 Å². The maximum atomic E-state index is 13.3. The van der Waals surface area contributed by atoms with Crippen LogP contribution in [-0.2, 0) is 12.8 Å². The molecule has 0 bridgehead atoms. The average molecular weight is 378 g/mol. The highest BCUT2D eigenvalue weighted by molar-refractivity contribution is 7.10. The molecular weight excluding hydrogens is 354 g/mol. The Bertz CT molecular complexity index is 734. The number of amides is 1. The van der Waals surface area contributed by atoms with Crippen LogP contribution in [0.4, 0.5) is 0 Å². The van der Waals surface area contributed by atoms with Crippen LogP contribution in [0, 0.1) is 5.92 Å². The fraction of sp³-hybridized carbons (Fsp3) is 0.474. The Morgan fingerprint density at radius 1 is 1.44 bits per heavy atom. The van der Waals surface area contributed by atoms with E-state index in [-0.39, 0.29) is 24.4 Å². The Kier molecular flexibility index (Phi) is 5.77. The van der Waals surface area contributed by atoms with E-state index in [4.69, 9.17) is 0 Å². The van der Waals surface area contributed by atoms with Gasteiger partial charge >= 0.3 is 0 Å². The Balaban J connectivity index is 0.00000182. The van der Waals surface area contributed by atoms with E-state index in [0.29, 0.717) is 0 Å². The van der Waals surface area contributed by atoms with Crippen molar-refractivity contribution in [1.82, 2.24) is 15.2 Å². The second kappa shape index (κ2) is 7.85. The van der Waals surface area contributed by atoms with Gasteiger partial charge in [-0.05, 0) is 42.4 Å². The largest absolute Gasteiger partial charge is 0.329 e. The number of hydrogen-bond donors (Lipinski definition) is 1. The van der Waals surface area contributed by atoms with Crippen molar-refractivity contribution in [2.24, 2.45) is 5.92 Å². The monoisotopic (exact) mass is 377 g/mol. The lowest BCUT2D eigenvalue weighted by Gasteiger charge is -2.36. The Hall–Kier alpha value is -1.43. The number of aromatic nitrogens is 1. The first kappa shape index (κ1) is 18.4. The molecule has 25 heavy (non-hydrogen) atoms. The lowest BCUT2D eigenvalue weighted by atomic mass is 9.88. The number of nitrogens with zero attached hydrogens (tertiary/aromatic N) is 2. The number of nitrogens with one attached hydrogen (secondary N) is 1. The number of halogens is 1. The predicted octanol–water partition coefficient (Wildman–Crippen LogP) is 3.48. The molecule has 0 aromatic carbocycles. The zero-order valence-corrected chi connectivity index (χ0v) is 16.0. The number of pyridine rings is 1. The smallest absolute Gasteiger partial charge is 0.255 e. The summed E-state index contributed by atoms with van der Waals surface area (Å²) < 4.78 is 0. The SMILES string of the molecule is CC1CCc2c(C(=O)N3CCNCC3c3cccnc3)csc2C1.Cl. The number of carbonyl (C=O) groups is 1. The molecule has 4 rings (SSSR count). The lowest BCUT2D eigenvalue weighted by Crippen LogP contribution is -2.48. The minimum absolute atomic E-state index is 0. The third-order valence-electron chi connectivity index (χ3n) is 5.21. The third-order valence-corrected chi connectivity index (χ3v) is 6.26. The minimum atomic E-state index is 0. The van der Waals surface area contributed by atoms with Gasteiger partial charge in [-0.25, -0.2) is 0 Å². The Morgan fingerprint density at radius 2 is 2.32 bits per heavy atom. The van der Waals surface area contributed by atoms with E-state index < -0.39 is 0 Å². The molecule has 4 nitrogen and oxygen atoms in total. The molecule has 0 spiro atoms. The van der Waals surface area contributed by atoms with Crippen molar-refractivity contribution in [3.05, 3.63) is 51.5 Å². The zero-order valence-electron chi connectivity index (χ0n) is 14.4. The van der Waals surface area contributed by atoms with Gasteiger partial charge in [0.15, 0.2) is 0 Å². The fourth-order valence-corrected chi connectivity index (χ4v) is 5.07. The molecule has 0 radical (unpaired) electrons. The van der Waals surface area contributed by atoms with Gasteiger partial charge in [0, 0.05) is 42.3 Å². The number of thiophene rings is 1. The molecule has 134 valence electrons. The van der Waals surface area contributed by atoms with Crippen LogP contribution in [-0.4, -0.2) is 35.4 Å². The van der Waals surface area contributed by atoms with Gasteiger partial charge in [0.05, 0.1) is 11.6 Å². The van der Waals surface area contributed by atoms with Gasteiger partial charge in [-0.2, -0.15) is 0 Å². The topological polar surface area (TPSA) is 45.2 Å². The highest BCUT2D eigenvalue weighted by atomic mass is 35.5. The second-order valence-electron chi connectivity index (χ2n) is 6.90. The molecule has 1 amide bonds. The molecule has 1 saturated heterocycles. The number of carbonyl (C=O) groups excluding carboxylic acids is 1. The summed E-state index contributed by atoms with van der Waals surface area (Å²) >= 11 is 1.77. The van der Waals surface area contributed by atoms with Crippen LogP contribution < -0.4 is 5.32 Å². The number of fused-ring (bicyclic) bond motifs is 1. The molecule has 1 aliphatic heterocycles. The van der Waals surface area contributed by atoms with Crippen molar-refractivity contribution in [2.45, 2.75) is 32.2 Å². The minimum Gasteiger partial charge on any atom is -0.329 e. The van der Waals surface area contributed by atoms with E-state index >= 15 is 0 Å². The van der Waals surface area contributed by atoms with E-state index in [9.17, 15) is 4.79 Å². The van der Waals surface area contributed by atoms with Crippen molar-refractivity contribution in [3.63, 3.8) is 0 Å². The van der Waals surface area contributed by atoms with Crippen LogP contribution in [0.3, 0.4) is 0 Å². The summed E-state index contributed by atoms with van der Waals surface area (Å²) in [6.45, 7) is 4.70. The lowest BCUT2D eigenvalue weighted by molar-refractivity contribution is 0.0633. The first-order chi connectivity index (χ1) is 11.7. The van der Waals surface area contributed by atoms with Gasteiger partial charge < -0.3 is 10.2 Å². The van der Waals surface area contributed by atoms with Crippen LogP contribution in [0.15, 0.2) is 29.9 Å². The molecule has 2 unspecified atom stereocenters. The summed E-state index contributed by atoms with van der Waals surface area (Å²) in [6.07, 6.45) is 7.02. The highest BCUT2D eigenvalue weighted by Gasteiger charge is 2.32. The summed E-state index contributed by atoms with van der Waals surface area (Å²) in [6, 6.07) is 4.08. The van der Waals surface area contributed by atoms with E-state index in [1.807, 2.05) is 17.2 Å². The molecule has 1 fully saturated rings. The van der Waals surface area contributed by atoms with E-state index in [2.05, 4.69) is 28.7 Å². The van der Waals surface area contributed by atoms with E-state index in [1.54, 1.807) is 17.5 Å². The van der Waals surface area contributed by atoms with Crippen LogP contribution in [0.5, 0.6) is 0 Å². The maximum absolute atomic E-state index is 13.3. The fourth-order valence-electron chi connectivity index (χ4n) is 3.83. The average Bonchev–Trinajstić information content (AvgIpc) is 3.05. The van der Waals surface area contributed by atoms with Gasteiger partial charge in [-0.3, -0.25) is 9.78 Å². The van der Waals surface area contributed by atoms with Gasteiger partial charge in [-0.1, -0.05) is 13.0 Å². The summed E-state index contributed by atoms with van der Waals surface area (Å²) in [5.74, 6) is 0.929. The van der Waals surface area contributed by atoms with Crippen molar-refractivity contribution in [2.75, 3.05) is 19.6 Å². The van der Waals surface area contributed by atoms with E-state index in [0.717, 1.165) is 49.5 Å². The first-order valence-electron chi connectivity index (χ1n) is 8.75. The predicted molar refractivity (Wildman–Crippen MR) is 104 cm³/mol. The zero-order chi connectivity index (χ0) is 16.5. The molecule has 2 aromatic heterocycles. The van der Waals surface area contributed by atoms with Crippen LogP contribution in [0.1, 0.15) is 45.7 Å². The Morgan fingerprint density at radius 3 is 3.12 bits per heavy atom. The summed E-state index contributed by atoms with van der Waals surface area (Å²) in [4.78, 5) is 21.0. The second-order valence-corrected chi connectivity index (χ2v) is 7.87. The van der Waals surface area contributed by atoms with Crippen molar-refractivity contribution in [1.29, 1.82) is 0 Å². The molecular formula is C19H24ClN3OS. The van der Waals surface area contributed by atoms with Crippen LogP contribution in [0.2, 0.25) is 0 Å². The van der Waals surface area contributed by atoms with Gasteiger partial charge in [0.1, 0.15) is 0 Å². The number of piperazine rings is 1. The summed E-state index contributed by atoms with van der Waals surface area (Å²) in [7, 11) is 0. The number of hydrogen-bond acceptors (Lipinski definition) is 4. The molecule has 1 aliphatic carbocycles. The Labute approximate surface area is 159 Å². The van der Waals surface area contributed by atoms with Crippen molar-refractivity contribution < 1.29 is 4.79 Å². The molecule has 0 saturated carbocycles. The standard InChI is InChI=1S/C19H23N3OS.ClH/c1-13-4-5-15-16(12-24-18(15)9-13)19(23)22-8-7-21-11-17(22)14-3-2-6-20-10-14;/h2-3,6,10,12-13,17,21H,4-5,7-9,11H2,1H3;1H. The van der Waals surface area contributed by atoms with Crippen molar-refractivity contribution in [3.8, 4) is 0 Å². The molecule has 2 aliphatic rings. The third kappa shape index (κ3) is 3.59. The number of rotatable bonds is 2. The quantitative estimate of drug-likeness (QED) is 0.871. The van der Waals surface area contributed by atoms with E-state index in [1.165, 1.54) is 16.9 Å². The molecule has 3 heterocycles. The maximum Gasteiger partial charge on any atom is 0.255 e. The molecule has 1 N–H and O–H groups in total. The van der Waals surface area contributed by atoms with Crippen LogP contribution in [0.25, 0.3) is 0 Å².